The number of hydrogen-bond acceptors (Lipinski definition) is 3. The lowest BCUT2D eigenvalue weighted by Gasteiger charge is -2.33. The van der Waals surface area contributed by atoms with E-state index < -0.39 is 11.6 Å². The minimum Gasteiger partial charge on any atom is -0.381 e. The molecule has 23 heavy (non-hydrogen) atoms. The van der Waals surface area contributed by atoms with Gasteiger partial charge < -0.3 is 10.2 Å². The average molecular weight is 317 g/mol. The van der Waals surface area contributed by atoms with Crippen LogP contribution < -0.4 is 5.32 Å². The van der Waals surface area contributed by atoms with Crippen molar-refractivity contribution in [3.63, 3.8) is 0 Å². The Bertz CT molecular complexity index is 685. The first-order valence-corrected chi connectivity index (χ1v) is 7.54. The lowest BCUT2D eigenvalue weighted by atomic mass is 10.0. The number of aromatic nitrogens is 1. The van der Waals surface area contributed by atoms with Gasteiger partial charge >= 0.3 is 0 Å². The highest BCUT2D eigenvalue weighted by Crippen LogP contribution is 2.19. The van der Waals surface area contributed by atoms with Crippen molar-refractivity contribution in [1.29, 1.82) is 0 Å². The van der Waals surface area contributed by atoms with Gasteiger partial charge in [0.05, 0.1) is 11.3 Å². The summed E-state index contributed by atoms with van der Waals surface area (Å²) in [6.45, 7) is 1.07. The number of carbonyl (C=O) groups excluding carboxylic acids is 1. The number of piperidine rings is 1. The van der Waals surface area contributed by atoms with Crippen LogP contribution in [0.3, 0.4) is 0 Å². The number of nitrogens with zero attached hydrogens (tertiary/aromatic N) is 2. The fourth-order valence-corrected chi connectivity index (χ4v) is 2.74. The summed E-state index contributed by atoms with van der Waals surface area (Å²) in [4.78, 5) is 18.0. The smallest absolute Gasteiger partial charge is 0.256 e. The number of carbonyl (C=O) groups is 1. The maximum Gasteiger partial charge on any atom is 0.256 e. The van der Waals surface area contributed by atoms with Crippen LogP contribution in [0, 0.1) is 11.6 Å². The van der Waals surface area contributed by atoms with Crippen LogP contribution in [0.4, 0.5) is 14.5 Å². The SMILES string of the molecule is O=C(c1ccc(F)cc1F)N1CCC(Nc2cccnc2)CC1. The van der Waals surface area contributed by atoms with E-state index in [1.165, 1.54) is 6.07 Å². The molecule has 1 aliphatic rings. The van der Waals surface area contributed by atoms with E-state index in [4.69, 9.17) is 0 Å². The first-order chi connectivity index (χ1) is 11.1. The van der Waals surface area contributed by atoms with Crippen LogP contribution in [-0.4, -0.2) is 34.9 Å². The van der Waals surface area contributed by atoms with Gasteiger partial charge in [-0.15, -0.1) is 0 Å². The third-order valence-electron chi connectivity index (χ3n) is 3.98. The second kappa shape index (κ2) is 6.73. The molecule has 0 atom stereocenters. The van der Waals surface area contributed by atoms with Crippen LogP contribution in [0.1, 0.15) is 23.2 Å². The summed E-state index contributed by atoms with van der Waals surface area (Å²) in [5.74, 6) is -1.88. The van der Waals surface area contributed by atoms with Gasteiger partial charge in [-0.3, -0.25) is 9.78 Å². The molecular formula is C17H17F2N3O. The van der Waals surface area contributed by atoms with E-state index in [0.29, 0.717) is 13.1 Å². The van der Waals surface area contributed by atoms with Crippen LogP contribution in [-0.2, 0) is 0 Å². The lowest BCUT2D eigenvalue weighted by Crippen LogP contribution is -2.42. The Morgan fingerprint density at radius 3 is 2.65 bits per heavy atom. The molecule has 1 aromatic carbocycles. The Balaban J connectivity index is 1.59. The molecule has 1 N–H and O–H groups in total. The van der Waals surface area contributed by atoms with Gasteiger partial charge in [0.2, 0.25) is 0 Å². The van der Waals surface area contributed by atoms with Crippen LogP contribution in [0.15, 0.2) is 42.7 Å². The molecule has 0 radical (unpaired) electrons. The zero-order valence-electron chi connectivity index (χ0n) is 12.5. The molecule has 2 heterocycles. The summed E-state index contributed by atoms with van der Waals surface area (Å²) in [5.41, 5.74) is 0.868. The molecular weight excluding hydrogens is 300 g/mol. The zero-order chi connectivity index (χ0) is 16.2. The molecule has 0 bridgehead atoms. The molecule has 1 aliphatic heterocycles. The van der Waals surface area contributed by atoms with E-state index >= 15 is 0 Å². The van der Waals surface area contributed by atoms with E-state index in [1.54, 1.807) is 17.3 Å². The van der Waals surface area contributed by atoms with Crippen LogP contribution in [0.5, 0.6) is 0 Å². The zero-order valence-corrected chi connectivity index (χ0v) is 12.5. The molecule has 2 aromatic rings. The molecule has 0 saturated carbocycles. The summed E-state index contributed by atoms with van der Waals surface area (Å²) in [5, 5.41) is 3.37. The van der Waals surface area contributed by atoms with Crippen LogP contribution in [0.25, 0.3) is 0 Å². The van der Waals surface area contributed by atoms with Crippen molar-refractivity contribution in [1.82, 2.24) is 9.88 Å². The summed E-state index contributed by atoms with van der Waals surface area (Å²) >= 11 is 0. The fourth-order valence-electron chi connectivity index (χ4n) is 2.74. The molecule has 0 unspecified atom stereocenters. The number of halogens is 2. The average Bonchev–Trinajstić information content (AvgIpc) is 2.56. The second-order valence-corrected chi connectivity index (χ2v) is 5.58. The van der Waals surface area contributed by atoms with Crippen molar-refractivity contribution < 1.29 is 13.6 Å². The standard InChI is InChI=1S/C17H17F2N3O/c18-12-3-4-15(16(19)10-12)17(23)22-8-5-13(6-9-22)21-14-2-1-7-20-11-14/h1-4,7,10-11,13,21H,5-6,8-9H2. The number of benzene rings is 1. The molecule has 6 heteroatoms. The molecule has 1 saturated heterocycles. The quantitative estimate of drug-likeness (QED) is 0.946. The summed E-state index contributed by atoms with van der Waals surface area (Å²) < 4.78 is 26.6. The van der Waals surface area contributed by atoms with Crippen molar-refractivity contribution >= 4 is 11.6 Å². The second-order valence-electron chi connectivity index (χ2n) is 5.58. The number of pyridine rings is 1. The van der Waals surface area contributed by atoms with Crippen molar-refractivity contribution in [3.05, 3.63) is 59.9 Å². The molecule has 120 valence electrons. The molecule has 4 nitrogen and oxygen atoms in total. The van der Waals surface area contributed by atoms with E-state index in [2.05, 4.69) is 10.3 Å². The predicted octanol–water partition coefficient (Wildman–Crippen LogP) is 3.08. The Kier molecular flexibility index (Phi) is 4.50. The summed E-state index contributed by atoms with van der Waals surface area (Å²) in [7, 11) is 0. The molecule has 1 amide bonds. The number of hydrogen-bond donors (Lipinski definition) is 1. The van der Waals surface area contributed by atoms with E-state index in [-0.39, 0.29) is 17.5 Å². The number of nitrogens with one attached hydrogen (secondary N) is 1. The Labute approximate surface area is 133 Å². The molecule has 1 aromatic heterocycles. The summed E-state index contributed by atoms with van der Waals surface area (Å²) in [6, 6.07) is 7.10. The van der Waals surface area contributed by atoms with Gasteiger partial charge in [-0.2, -0.15) is 0 Å². The Morgan fingerprint density at radius 2 is 2.00 bits per heavy atom. The lowest BCUT2D eigenvalue weighted by molar-refractivity contribution is 0.0713. The molecule has 0 spiro atoms. The minimum atomic E-state index is -0.814. The molecule has 0 aliphatic carbocycles. The highest BCUT2D eigenvalue weighted by molar-refractivity contribution is 5.94. The number of amides is 1. The van der Waals surface area contributed by atoms with Crippen molar-refractivity contribution in [3.8, 4) is 0 Å². The Hall–Kier alpha value is -2.50. The fraction of sp³-hybridized carbons (Fsp3) is 0.294. The highest BCUT2D eigenvalue weighted by atomic mass is 19.1. The first kappa shape index (κ1) is 15.4. The normalized spacial score (nSPS) is 15.5. The number of anilines is 1. The van der Waals surface area contributed by atoms with Crippen LogP contribution >= 0.6 is 0 Å². The first-order valence-electron chi connectivity index (χ1n) is 7.54. The van der Waals surface area contributed by atoms with Gasteiger partial charge in [0, 0.05) is 37.6 Å². The van der Waals surface area contributed by atoms with Crippen LogP contribution in [0.2, 0.25) is 0 Å². The van der Waals surface area contributed by atoms with Gasteiger partial charge in [0.25, 0.3) is 5.91 Å². The van der Waals surface area contributed by atoms with Gasteiger partial charge in [-0.1, -0.05) is 0 Å². The third-order valence-corrected chi connectivity index (χ3v) is 3.98. The number of likely N-dealkylation sites (tertiary alicyclic amines) is 1. The monoisotopic (exact) mass is 317 g/mol. The van der Waals surface area contributed by atoms with Crippen molar-refractivity contribution in [2.75, 3.05) is 18.4 Å². The third kappa shape index (κ3) is 3.64. The molecule has 1 fully saturated rings. The van der Waals surface area contributed by atoms with Gasteiger partial charge in [0.1, 0.15) is 11.6 Å². The highest BCUT2D eigenvalue weighted by Gasteiger charge is 2.25. The van der Waals surface area contributed by atoms with Gasteiger partial charge in [-0.05, 0) is 37.1 Å². The Morgan fingerprint density at radius 1 is 1.22 bits per heavy atom. The number of rotatable bonds is 3. The van der Waals surface area contributed by atoms with Gasteiger partial charge in [-0.25, -0.2) is 8.78 Å². The van der Waals surface area contributed by atoms with E-state index in [0.717, 1.165) is 30.7 Å². The maximum atomic E-state index is 13.7. The van der Waals surface area contributed by atoms with Crippen molar-refractivity contribution in [2.45, 2.75) is 18.9 Å². The maximum absolute atomic E-state index is 13.7. The summed E-state index contributed by atoms with van der Waals surface area (Å²) in [6.07, 6.45) is 5.00. The van der Waals surface area contributed by atoms with E-state index in [9.17, 15) is 13.6 Å². The van der Waals surface area contributed by atoms with Crippen molar-refractivity contribution in [2.24, 2.45) is 0 Å². The topological polar surface area (TPSA) is 45.2 Å². The van der Waals surface area contributed by atoms with E-state index in [1.807, 2.05) is 12.1 Å². The molecule has 3 rings (SSSR count). The minimum absolute atomic E-state index is 0.0786. The predicted molar refractivity (Wildman–Crippen MR) is 83.1 cm³/mol. The largest absolute Gasteiger partial charge is 0.381 e. The van der Waals surface area contributed by atoms with Gasteiger partial charge in [0.15, 0.2) is 0 Å².